The number of benzene rings is 2. The van der Waals surface area contributed by atoms with Crippen LogP contribution in [0.5, 0.6) is 0 Å². The van der Waals surface area contributed by atoms with Crippen LogP contribution >= 0.6 is 11.3 Å². The number of amides is 2. The number of anilines is 1. The smallest absolute Gasteiger partial charge is 0.410 e. The number of hydrogen-bond acceptors (Lipinski definition) is 7. The van der Waals surface area contributed by atoms with Crippen molar-refractivity contribution in [2.75, 3.05) is 25.5 Å². The Morgan fingerprint density at radius 3 is 2.53 bits per heavy atom. The number of nitrogens with zero attached hydrogens (tertiary/aromatic N) is 4. The van der Waals surface area contributed by atoms with Gasteiger partial charge >= 0.3 is 6.09 Å². The summed E-state index contributed by atoms with van der Waals surface area (Å²) in [5.74, 6) is 0.446. The van der Waals surface area contributed by atoms with Gasteiger partial charge in [-0.25, -0.2) is 14.8 Å². The monoisotopic (exact) mass is 534 g/mol. The molecular weight excluding hydrogens is 500 g/mol. The average Bonchev–Trinajstić information content (AvgIpc) is 3.50. The Morgan fingerprint density at radius 1 is 1.05 bits per heavy atom. The van der Waals surface area contributed by atoms with Crippen LogP contribution in [-0.4, -0.2) is 58.1 Å². The number of H-pyrrole nitrogens is 1. The lowest BCUT2D eigenvalue weighted by molar-refractivity contribution is 0.0231. The van der Waals surface area contributed by atoms with E-state index in [0.29, 0.717) is 31.0 Å². The quantitative estimate of drug-likeness (QED) is 0.313. The minimum atomic E-state index is -0.624. The number of carbonyl (C=O) groups excluding carboxylic acids is 2. The number of imidazole rings is 1. The molecular formula is C28H34N6O3S. The summed E-state index contributed by atoms with van der Waals surface area (Å²) in [6, 6.07) is 15.7. The van der Waals surface area contributed by atoms with Crippen molar-refractivity contribution in [3.05, 3.63) is 76.0 Å². The summed E-state index contributed by atoms with van der Waals surface area (Å²) in [6.45, 7) is 6.57. The van der Waals surface area contributed by atoms with Gasteiger partial charge in [0.1, 0.15) is 17.1 Å². The van der Waals surface area contributed by atoms with Crippen LogP contribution in [0.25, 0.3) is 11.0 Å². The van der Waals surface area contributed by atoms with Crippen LogP contribution < -0.4 is 10.2 Å². The highest BCUT2D eigenvalue weighted by Crippen LogP contribution is 2.19. The van der Waals surface area contributed by atoms with E-state index >= 15 is 0 Å². The second kappa shape index (κ2) is 11.6. The molecule has 2 amide bonds. The average molecular weight is 535 g/mol. The van der Waals surface area contributed by atoms with Crippen LogP contribution in [-0.2, 0) is 24.2 Å². The van der Waals surface area contributed by atoms with Crippen molar-refractivity contribution < 1.29 is 14.3 Å². The van der Waals surface area contributed by atoms with Crippen LogP contribution in [0.15, 0.2) is 53.9 Å². The van der Waals surface area contributed by atoms with Crippen molar-refractivity contribution in [3.8, 4) is 0 Å². The van der Waals surface area contributed by atoms with Crippen molar-refractivity contribution in [1.82, 2.24) is 25.2 Å². The topological polar surface area (TPSA) is 103 Å². The van der Waals surface area contributed by atoms with Crippen LogP contribution in [0.1, 0.15) is 47.7 Å². The number of ether oxygens (including phenoxy) is 1. The largest absolute Gasteiger partial charge is 0.444 e. The van der Waals surface area contributed by atoms with Crippen molar-refractivity contribution >= 4 is 40.1 Å². The van der Waals surface area contributed by atoms with Gasteiger partial charge in [-0.15, -0.1) is 11.3 Å². The van der Waals surface area contributed by atoms with E-state index in [4.69, 9.17) is 4.74 Å². The highest BCUT2D eigenvalue weighted by Gasteiger charge is 2.24. The fourth-order valence-electron chi connectivity index (χ4n) is 3.95. The SMILES string of the molecule is CN(C)c1ccccc1CNC(=O)c1csc(CCN(Cc2nc3ccccc3[nH]2)C(=O)OC(C)(C)C)n1. The first kappa shape index (κ1) is 27.1. The zero-order chi connectivity index (χ0) is 27.3. The first-order valence-corrected chi connectivity index (χ1v) is 13.4. The van der Waals surface area contributed by atoms with Crippen molar-refractivity contribution in [2.45, 2.75) is 45.9 Å². The van der Waals surface area contributed by atoms with E-state index in [0.717, 1.165) is 27.3 Å². The van der Waals surface area contributed by atoms with Crippen LogP contribution in [0.3, 0.4) is 0 Å². The molecule has 0 aliphatic rings. The van der Waals surface area contributed by atoms with E-state index < -0.39 is 11.7 Å². The molecule has 0 bridgehead atoms. The Balaban J connectivity index is 1.40. The minimum Gasteiger partial charge on any atom is -0.444 e. The number of carbonyl (C=O) groups is 2. The zero-order valence-corrected chi connectivity index (χ0v) is 23.3. The number of hydrogen-bond donors (Lipinski definition) is 2. The molecule has 2 heterocycles. The van der Waals surface area contributed by atoms with Gasteiger partial charge in [0.05, 0.1) is 22.6 Å². The van der Waals surface area contributed by atoms with Gasteiger partial charge in [-0.05, 0) is 44.5 Å². The highest BCUT2D eigenvalue weighted by molar-refractivity contribution is 7.09. The summed E-state index contributed by atoms with van der Waals surface area (Å²) in [5.41, 5.74) is 3.58. The van der Waals surface area contributed by atoms with Gasteiger partial charge in [-0.3, -0.25) is 4.79 Å². The summed E-state index contributed by atoms with van der Waals surface area (Å²) >= 11 is 1.40. The van der Waals surface area contributed by atoms with E-state index in [9.17, 15) is 9.59 Å². The maximum atomic E-state index is 13.0. The van der Waals surface area contributed by atoms with Crippen molar-refractivity contribution in [2.24, 2.45) is 0 Å². The molecule has 0 fully saturated rings. The van der Waals surface area contributed by atoms with E-state index in [-0.39, 0.29) is 12.5 Å². The third-order valence-corrected chi connectivity index (χ3v) is 6.63. The maximum absolute atomic E-state index is 13.0. The molecule has 200 valence electrons. The zero-order valence-electron chi connectivity index (χ0n) is 22.4. The molecule has 10 heteroatoms. The Bertz CT molecular complexity index is 1370. The molecule has 9 nitrogen and oxygen atoms in total. The Kier molecular flexibility index (Phi) is 8.31. The van der Waals surface area contributed by atoms with Gasteiger partial charge in [0.15, 0.2) is 0 Å². The van der Waals surface area contributed by atoms with Crippen molar-refractivity contribution in [1.29, 1.82) is 0 Å². The normalized spacial score (nSPS) is 11.4. The predicted molar refractivity (Wildman–Crippen MR) is 150 cm³/mol. The number of para-hydroxylation sites is 3. The van der Waals surface area contributed by atoms with Gasteiger partial charge < -0.3 is 24.8 Å². The first-order chi connectivity index (χ1) is 18.1. The lowest BCUT2D eigenvalue weighted by Gasteiger charge is -2.26. The summed E-state index contributed by atoms with van der Waals surface area (Å²) in [5, 5.41) is 5.48. The Hall–Kier alpha value is -3.92. The molecule has 4 rings (SSSR count). The molecule has 0 spiro atoms. The third-order valence-electron chi connectivity index (χ3n) is 5.72. The number of thiazole rings is 1. The summed E-state index contributed by atoms with van der Waals surface area (Å²) in [4.78, 5) is 41.8. The van der Waals surface area contributed by atoms with Gasteiger partial charge in [0.25, 0.3) is 5.91 Å². The molecule has 2 aromatic heterocycles. The van der Waals surface area contributed by atoms with E-state index in [2.05, 4.69) is 20.3 Å². The Labute approximate surface area is 226 Å². The van der Waals surface area contributed by atoms with Crippen LogP contribution in [0.2, 0.25) is 0 Å². The Morgan fingerprint density at radius 2 is 1.79 bits per heavy atom. The molecule has 0 aliphatic heterocycles. The third kappa shape index (κ3) is 7.10. The number of fused-ring (bicyclic) bond motifs is 1. The fourth-order valence-corrected chi connectivity index (χ4v) is 4.71. The minimum absolute atomic E-state index is 0.229. The molecule has 2 N–H and O–H groups in total. The predicted octanol–water partition coefficient (Wildman–Crippen LogP) is 5.00. The molecule has 0 saturated heterocycles. The number of rotatable bonds is 9. The van der Waals surface area contributed by atoms with Crippen LogP contribution in [0.4, 0.5) is 10.5 Å². The second-order valence-electron chi connectivity index (χ2n) is 10.2. The lowest BCUT2D eigenvalue weighted by Crippen LogP contribution is -2.38. The molecule has 0 atom stereocenters. The maximum Gasteiger partial charge on any atom is 0.410 e. The molecule has 0 unspecified atom stereocenters. The molecule has 4 aromatic rings. The van der Waals surface area contributed by atoms with E-state index in [1.54, 1.807) is 10.3 Å². The summed E-state index contributed by atoms with van der Waals surface area (Å²) < 4.78 is 5.64. The number of aromatic amines is 1. The highest BCUT2D eigenvalue weighted by atomic mass is 32.1. The molecule has 0 radical (unpaired) electrons. The van der Waals surface area contributed by atoms with Crippen LogP contribution in [0, 0.1) is 0 Å². The summed E-state index contributed by atoms with van der Waals surface area (Å²) in [6.07, 6.45) is 0.0629. The number of nitrogens with one attached hydrogen (secondary N) is 2. The number of aromatic nitrogens is 3. The summed E-state index contributed by atoms with van der Waals surface area (Å²) in [7, 11) is 3.95. The van der Waals surface area contributed by atoms with Gasteiger partial charge in [0, 0.05) is 44.7 Å². The van der Waals surface area contributed by atoms with E-state index in [1.807, 2.05) is 88.3 Å². The first-order valence-electron chi connectivity index (χ1n) is 12.5. The fraction of sp³-hybridized carbons (Fsp3) is 0.357. The van der Waals surface area contributed by atoms with Crippen molar-refractivity contribution in [3.63, 3.8) is 0 Å². The van der Waals surface area contributed by atoms with E-state index in [1.165, 1.54) is 11.3 Å². The molecule has 0 saturated carbocycles. The molecule has 2 aromatic carbocycles. The van der Waals surface area contributed by atoms with Gasteiger partial charge in [0.2, 0.25) is 0 Å². The van der Waals surface area contributed by atoms with Gasteiger partial charge in [-0.2, -0.15) is 0 Å². The molecule has 38 heavy (non-hydrogen) atoms. The lowest BCUT2D eigenvalue weighted by atomic mass is 10.1. The van der Waals surface area contributed by atoms with Gasteiger partial charge in [-0.1, -0.05) is 30.3 Å². The molecule has 0 aliphatic carbocycles. The standard InChI is InChI=1S/C28H34N6O3S/c1-28(2,3)37-27(36)34(17-24-30-20-11-7-8-12-21(20)31-24)15-14-25-32-22(18-38-25)26(35)29-16-19-10-6-9-13-23(19)33(4)5/h6-13,18H,14-17H2,1-5H3,(H,29,35)(H,30,31). The second-order valence-corrected chi connectivity index (χ2v) is 11.1.